The Bertz CT molecular complexity index is 419. The number of piperazine rings is 1. The second kappa shape index (κ2) is 6.25. The molecule has 1 aliphatic heterocycles. The molecule has 108 valence electrons. The molecule has 4 nitrogen and oxygen atoms in total. The van der Waals surface area contributed by atoms with Gasteiger partial charge in [0.05, 0.1) is 5.69 Å². The first kappa shape index (κ1) is 14.8. The maximum atomic E-state index is 6.29. The van der Waals surface area contributed by atoms with Gasteiger partial charge in [0.15, 0.2) is 0 Å². The summed E-state index contributed by atoms with van der Waals surface area (Å²) in [5.74, 6) is 0.751. The van der Waals surface area contributed by atoms with Gasteiger partial charge < -0.3 is 4.90 Å². The van der Waals surface area contributed by atoms with Gasteiger partial charge in [-0.15, -0.1) is 0 Å². The minimum Gasteiger partial charge on any atom is -0.301 e. The van der Waals surface area contributed by atoms with Crippen molar-refractivity contribution in [3.05, 3.63) is 16.4 Å². The highest BCUT2D eigenvalue weighted by Crippen LogP contribution is 2.21. The first-order chi connectivity index (χ1) is 8.97. The van der Waals surface area contributed by atoms with E-state index in [1.54, 1.807) is 4.68 Å². The zero-order valence-electron chi connectivity index (χ0n) is 12.5. The first-order valence-electron chi connectivity index (χ1n) is 7.10. The van der Waals surface area contributed by atoms with E-state index >= 15 is 0 Å². The maximum absolute atomic E-state index is 6.29. The molecule has 0 N–H and O–H groups in total. The number of halogens is 1. The van der Waals surface area contributed by atoms with Crippen LogP contribution in [0.4, 0.5) is 0 Å². The van der Waals surface area contributed by atoms with E-state index in [2.05, 4.69) is 28.7 Å². The van der Waals surface area contributed by atoms with Crippen LogP contribution in [0.2, 0.25) is 5.15 Å². The predicted molar refractivity (Wildman–Crippen MR) is 79.5 cm³/mol. The lowest BCUT2D eigenvalue weighted by Crippen LogP contribution is -2.46. The van der Waals surface area contributed by atoms with E-state index in [-0.39, 0.29) is 0 Å². The van der Waals surface area contributed by atoms with E-state index in [9.17, 15) is 0 Å². The molecule has 1 fully saturated rings. The third-order valence-corrected chi connectivity index (χ3v) is 4.21. The Labute approximate surface area is 121 Å². The second-order valence-corrected chi connectivity index (χ2v) is 6.31. The number of rotatable bonds is 4. The van der Waals surface area contributed by atoms with Crippen molar-refractivity contribution in [3.63, 3.8) is 0 Å². The SMILES string of the molecule is Cc1nn(C)c(Cl)c1CN1CCN(CC(C)C)CC1. The van der Waals surface area contributed by atoms with Crippen LogP contribution >= 0.6 is 11.6 Å². The van der Waals surface area contributed by atoms with E-state index in [1.807, 2.05) is 14.0 Å². The van der Waals surface area contributed by atoms with Crippen LogP contribution in [-0.4, -0.2) is 52.3 Å². The topological polar surface area (TPSA) is 24.3 Å². The van der Waals surface area contributed by atoms with Gasteiger partial charge in [-0.2, -0.15) is 5.10 Å². The van der Waals surface area contributed by atoms with Gasteiger partial charge >= 0.3 is 0 Å². The summed E-state index contributed by atoms with van der Waals surface area (Å²) in [6.07, 6.45) is 0. The number of hydrogen-bond acceptors (Lipinski definition) is 3. The van der Waals surface area contributed by atoms with E-state index in [4.69, 9.17) is 11.6 Å². The summed E-state index contributed by atoms with van der Waals surface area (Å²) in [6.45, 7) is 13.3. The van der Waals surface area contributed by atoms with Crippen LogP contribution in [0.3, 0.4) is 0 Å². The van der Waals surface area contributed by atoms with Gasteiger partial charge in [0, 0.05) is 51.9 Å². The molecule has 2 heterocycles. The molecule has 5 heteroatoms. The van der Waals surface area contributed by atoms with Crippen LogP contribution in [0, 0.1) is 12.8 Å². The molecule has 0 atom stereocenters. The molecular weight excluding hydrogens is 260 g/mol. The minimum absolute atomic E-state index is 0.751. The van der Waals surface area contributed by atoms with Crippen LogP contribution in [0.5, 0.6) is 0 Å². The molecule has 1 saturated heterocycles. The fraction of sp³-hybridized carbons (Fsp3) is 0.786. The molecule has 2 rings (SSSR count). The van der Waals surface area contributed by atoms with Crippen molar-refractivity contribution < 1.29 is 0 Å². The lowest BCUT2D eigenvalue weighted by molar-refractivity contribution is 0.117. The van der Waals surface area contributed by atoms with Gasteiger partial charge in [-0.3, -0.25) is 9.58 Å². The summed E-state index contributed by atoms with van der Waals surface area (Å²) in [5, 5.41) is 5.16. The van der Waals surface area contributed by atoms with Crippen molar-refractivity contribution >= 4 is 11.6 Å². The molecule has 0 unspecified atom stereocenters. The van der Waals surface area contributed by atoms with Gasteiger partial charge in [0.1, 0.15) is 5.15 Å². The van der Waals surface area contributed by atoms with E-state index in [0.29, 0.717) is 0 Å². The monoisotopic (exact) mass is 284 g/mol. The number of aryl methyl sites for hydroxylation is 2. The molecule has 0 bridgehead atoms. The number of aromatic nitrogens is 2. The standard InChI is InChI=1S/C14H25ClN4/c1-11(2)9-18-5-7-19(8-6-18)10-13-12(3)16-17(4)14(13)15/h11H,5-10H2,1-4H3. The van der Waals surface area contributed by atoms with Crippen LogP contribution in [-0.2, 0) is 13.6 Å². The van der Waals surface area contributed by atoms with E-state index < -0.39 is 0 Å². The molecule has 0 amide bonds. The maximum Gasteiger partial charge on any atom is 0.131 e. The smallest absolute Gasteiger partial charge is 0.131 e. The average Bonchev–Trinajstić information content (AvgIpc) is 2.58. The molecule has 1 aromatic heterocycles. The predicted octanol–water partition coefficient (Wildman–Crippen LogP) is 2.16. The van der Waals surface area contributed by atoms with Gasteiger partial charge in [0.25, 0.3) is 0 Å². The molecule has 0 spiro atoms. The summed E-state index contributed by atoms with van der Waals surface area (Å²) in [6, 6.07) is 0. The molecule has 0 saturated carbocycles. The Kier molecular flexibility index (Phi) is 4.87. The van der Waals surface area contributed by atoms with Gasteiger partial charge in [-0.05, 0) is 12.8 Å². The van der Waals surface area contributed by atoms with Crippen molar-refractivity contribution in [1.29, 1.82) is 0 Å². The number of hydrogen-bond donors (Lipinski definition) is 0. The van der Waals surface area contributed by atoms with Crippen LogP contribution in [0.1, 0.15) is 25.1 Å². The average molecular weight is 285 g/mol. The summed E-state index contributed by atoms with van der Waals surface area (Å²) in [5.41, 5.74) is 2.23. The molecular formula is C14H25ClN4. The van der Waals surface area contributed by atoms with Gasteiger partial charge in [-0.25, -0.2) is 0 Å². The Morgan fingerprint density at radius 3 is 2.21 bits per heavy atom. The van der Waals surface area contributed by atoms with E-state index in [1.165, 1.54) is 12.1 Å². The highest BCUT2D eigenvalue weighted by atomic mass is 35.5. The normalized spacial score (nSPS) is 18.4. The van der Waals surface area contributed by atoms with Crippen molar-refractivity contribution in [2.75, 3.05) is 32.7 Å². The number of nitrogens with zero attached hydrogens (tertiary/aromatic N) is 4. The Hall–Kier alpha value is -0.580. The summed E-state index contributed by atoms with van der Waals surface area (Å²) >= 11 is 6.29. The van der Waals surface area contributed by atoms with Crippen LogP contribution < -0.4 is 0 Å². The van der Waals surface area contributed by atoms with Crippen LogP contribution in [0.25, 0.3) is 0 Å². The minimum atomic E-state index is 0.751. The van der Waals surface area contributed by atoms with E-state index in [0.717, 1.165) is 49.5 Å². The lowest BCUT2D eigenvalue weighted by Gasteiger charge is -2.35. The van der Waals surface area contributed by atoms with Gasteiger partial charge in [-0.1, -0.05) is 25.4 Å². The summed E-state index contributed by atoms with van der Waals surface area (Å²) < 4.78 is 1.77. The Morgan fingerprint density at radius 1 is 1.16 bits per heavy atom. The molecule has 1 aromatic rings. The molecule has 19 heavy (non-hydrogen) atoms. The summed E-state index contributed by atoms with van der Waals surface area (Å²) in [4.78, 5) is 5.03. The molecule has 0 aliphatic carbocycles. The third-order valence-electron chi connectivity index (χ3n) is 3.74. The quantitative estimate of drug-likeness (QED) is 0.847. The van der Waals surface area contributed by atoms with Crippen molar-refractivity contribution in [2.45, 2.75) is 27.3 Å². The van der Waals surface area contributed by atoms with Crippen molar-refractivity contribution in [1.82, 2.24) is 19.6 Å². The van der Waals surface area contributed by atoms with Crippen LogP contribution in [0.15, 0.2) is 0 Å². The second-order valence-electron chi connectivity index (χ2n) is 5.95. The molecule has 1 aliphatic rings. The summed E-state index contributed by atoms with van der Waals surface area (Å²) in [7, 11) is 1.90. The van der Waals surface area contributed by atoms with Crippen molar-refractivity contribution in [2.24, 2.45) is 13.0 Å². The highest BCUT2D eigenvalue weighted by Gasteiger charge is 2.20. The zero-order valence-corrected chi connectivity index (χ0v) is 13.2. The molecule has 0 aromatic carbocycles. The Morgan fingerprint density at radius 2 is 1.74 bits per heavy atom. The zero-order chi connectivity index (χ0) is 14.0. The first-order valence-corrected chi connectivity index (χ1v) is 7.48. The van der Waals surface area contributed by atoms with Gasteiger partial charge in [0.2, 0.25) is 0 Å². The van der Waals surface area contributed by atoms with Crippen molar-refractivity contribution in [3.8, 4) is 0 Å². The highest BCUT2D eigenvalue weighted by molar-refractivity contribution is 6.30. The Balaban J connectivity index is 1.89. The third kappa shape index (κ3) is 3.71. The fourth-order valence-electron chi connectivity index (χ4n) is 2.72. The largest absolute Gasteiger partial charge is 0.301 e. The molecule has 0 radical (unpaired) electrons. The fourth-order valence-corrected chi connectivity index (χ4v) is 2.96. The lowest BCUT2D eigenvalue weighted by atomic mass is 10.2.